The maximum absolute atomic E-state index is 11.8. The van der Waals surface area contributed by atoms with Crippen molar-refractivity contribution in [3.05, 3.63) is 66.6 Å². The predicted molar refractivity (Wildman–Crippen MR) is 80.8 cm³/mol. The van der Waals surface area contributed by atoms with Crippen LogP contribution in [-0.4, -0.2) is 10.9 Å². The molecule has 5 heteroatoms. The van der Waals surface area contributed by atoms with Gasteiger partial charge in [-0.3, -0.25) is 4.79 Å². The zero-order valence-electron chi connectivity index (χ0n) is 12.0. The maximum Gasteiger partial charge on any atom is 0.220 e. The van der Waals surface area contributed by atoms with E-state index in [1.807, 2.05) is 36.4 Å². The lowest BCUT2D eigenvalue weighted by Gasteiger charge is -2.01. The molecule has 1 amide bonds. The number of hydrogen-bond donors (Lipinski definition) is 1. The van der Waals surface area contributed by atoms with Crippen molar-refractivity contribution in [2.24, 2.45) is 0 Å². The monoisotopic (exact) mass is 296 g/mol. The van der Waals surface area contributed by atoms with Crippen molar-refractivity contribution in [2.75, 3.05) is 0 Å². The fourth-order valence-electron chi connectivity index (χ4n) is 2.07. The lowest BCUT2D eigenvalue weighted by molar-refractivity contribution is -0.121. The van der Waals surface area contributed by atoms with E-state index in [1.54, 1.807) is 18.5 Å². The molecule has 2 heterocycles. The number of rotatable bonds is 6. The summed E-state index contributed by atoms with van der Waals surface area (Å²) < 4.78 is 10.8. The van der Waals surface area contributed by atoms with Gasteiger partial charge in [-0.15, -0.1) is 0 Å². The second-order valence-electron chi connectivity index (χ2n) is 4.84. The normalized spacial score (nSPS) is 10.5. The molecule has 0 bridgehead atoms. The Bertz CT molecular complexity index is 717. The lowest BCUT2D eigenvalue weighted by Crippen LogP contribution is -2.22. The van der Waals surface area contributed by atoms with E-state index < -0.39 is 0 Å². The van der Waals surface area contributed by atoms with Crippen LogP contribution in [0.3, 0.4) is 0 Å². The van der Waals surface area contributed by atoms with Crippen LogP contribution in [0.4, 0.5) is 0 Å². The third-order valence-electron chi connectivity index (χ3n) is 3.22. The van der Waals surface area contributed by atoms with Crippen LogP contribution in [0.5, 0.6) is 0 Å². The minimum Gasteiger partial charge on any atom is -0.467 e. The Balaban J connectivity index is 1.49. The molecule has 0 spiro atoms. The summed E-state index contributed by atoms with van der Waals surface area (Å²) in [7, 11) is 0. The third kappa shape index (κ3) is 3.63. The van der Waals surface area contributed by atoms with Gasteiger partial charge in [-0.1, -0.05) is 30.3 Å². The predicted octanol–water partition coefficient (Wildman–Crippen LogP) is 3.18. The molecular formula is C17H16N2O3. The molecule has 0 unspecified atom stereocenters. The summed E-state index contributed by atoms with van der Waals surface area (Å²) in [6, 6.07) is 13.4. The summed E-state index contributed by atoms with van der Waals surface area (Å²) in [6.07, 6.45) is 4.07. The zero-order chi connectivity index (χ0) is 15.2. The molecule has 0 aliphatic rings. The van der Waals surface area contributed by atoms with Crippen LogP contribution in [0.25, 0.3) is 11.3 Å². The average molecular weight is 296 g/mol. The van der Waals surface area contributed by atoms with Gasteiger partial charge >= 0.3 is 0 Å². The lowest BCUT2D eigenvalue weighted by atomic mass is 10.2. The van der Waals surface area contributed by atoms with E-state index in [1.165, 1.54) is 0 Å². The molecule has 0 saturated carbocycles. The van der Waals surface area contributed by atoms with Crippen LogP contribution in [0.1, 0.15) is 18.1 Å². The molecule has 0 aliphatic carbocycles. The van der Waals surface area contributed by atoms with Crippen molar-refractivity contribution < 1.29 is 13.6 Å². The molecule has 1 N–H and O–H groups in total. The van der Waals surface area contributed by atoms with Gasteiger partial charge in [0.15, 0.2) is 11.7 Å². The van der Waals surface area contributed by atoms with E-state index in [0.29, 0.717) is 31.0 Å². The number of amides is 1. The number of carbonyl (C=O) groups is 1. The summed E-state index contributed by atoms with van der Waals surface area (Å²) in [5, 5.41) is 2.79. The minimum absolute atomic E-state index is 0.0594. The Hall–Kier alpha value is -2.82. The van der Waals surface area contributed by atoms with Crippen molar-refractivity contribution in [1.82, 2.24) is 10.3 Å². The van der Waals surface area contributed by atoms with Gasteiger partial charge in [0, 0.05) is 18.4 Å². The van der Waals surface area contributed by atoms with Gasteiger partial charge in [0.2, 0.25) is 5.91 Å². The molecule has 0 fully saturated rings. The van der Waals surface area contributed by atoms with Crippen molar-refractivity contribution in [1.29, 1.82) is 0 Å². The summed E-state index contributed by atoms with van der Waals surface area (Å²) in [4.78, 5) is 16.0. The topological polar surface area (TPSA) is 68.3 Å². The highest BCUT2D eigenvalue weighted by Gasteiger charge is 2.09. The van der Waals surface area contributed by atoms with Crippen LogP contribution in [0, 0.1) is 0 Å². The number of benzene rings is 1. The Morgan fingerprint density at radius 2 is 2.00 bits per heavy atom. The SMILES string of the molecule is O=C(CCc1ncc(-c2ccccc2)o1)NCc1ccco1. The molecule has 0 aliphatic heterocycles. The van der Waals surface area contributed by atoms with Crippen LogP contribution >= 0.6 is 0 Å². The fraction of sp³-hybridized carbons (Fsp3) is 0.176. The highest BCUT2D eigenvalue weighted by atomic mass is 16.4. The van der Waals surface area contributed by atoms with Crippen molar-refractivity contribution in [2.45, 2.75) is 19.4 Å². The Morgan fingerprint density at radius 3 is 2.77 bits per heavy atom. The first-order chi connectivity index (χ1) is 10.8. The Labute approximate surface area is 128 Å². The number of aromatic nitrogens is 1. The molecule has 0 atom stereocenters. The molecule has 3 rings (SSSR count). The summed E-state index contributed by atoms with van der Waals surface area (Å²) in [6.45, 7) is 0.396. The van der Waals surface area contributed by atoms with Gasteiger partial charge in [-0.05, 0) is 12.1 Å². The smallest absolute Gasteiger partial charge is 0.220 e. The molecule has 1 aromatic carbocycles. The number of carbonyl (C=O) groups excluding carboxylic acids is 1. The van der Waals surface area contributed by atoms with Crippen LogP contribution in [-0.2, 0) is 17.8 Å². The summed E-state index contributed by atoms with van der Waals surface area (Å²) >= 11 is 0. The minimum atomic E-state index is -0.0594. The van der Waals surface area contributed by atoms with E-state index in [9.17, 15) is 4.79 Å². The van der Waals surface area contributed by atoms with Crippen molar-refractivity contribution in [3.8, 4) is 11.3 Å². The molecular weight excluding hydrogens is 280 g/mol. The first kappa shape index (κ1) is 14.1. The van der Waals surface area contributed by atoms with Gasteiger partial charge in [0.05, 0.1) is 19.0 Å². The molecule has 5 nitrogen and oxygen atoms in total. The number of oxazole rings is 1. The van der Waals surface area contributed by atoms with Gasteiger partial charge in [0.1, 0.15) is 5.76 Å². The molecule has 0 saturated heterocycles. The first-order valence-electron chi connectivity index (χ1n) is 7.10. The molecule has 3 aromatic rings. The van der Waals surface area contributed by atoms with Gasteiger partial charge < -0.3 is 14.2 Å². The Kier molecular flexibility index (Phi) is 4.34. The Morgan fingerprint density at radius 1 is 1.14 bits per heavy atom. The molecule has 0 radical (unpaired) electrons. The summed E-state index contributed by atoms with van der Waals surface area (Å²) in [5.41, 5.74) is 0.975. The largest absolute Gasteiger partial charge is 0.467 e. The second kappa shape index (κ2) is 6.76. The van der Waals surface area contributed by atoms with E-state index >= 15 is 0 Å². The maximum atomic E-state index is 11.8. The summed E-state index contributed by atoms with van der Waals surface area (Å²) in [5.74, 6) is 1.95. The van der Waals surface area contributed by atoms with Crippen molar-refractivity contribution in [3.63, 3.8) is 0 Å². The van der Waals surface area contributed by atoms with Gasteiger partial charge in [-0.2, -0.15) is 0 Å². The first-order valence-corrected chi connectivity index (χ1v) is 7.10. The number of hydrogen-bond acceptors (Lipinski definition) is 4. The second-order valence-corrected chi connectivity index (χ2v) is 4.84. The third-order valence-corrected chi connectivity index (χ3v) is 3.22. The van der Waals surface area contributed by atoms with E-state index in [2.05, 4.69) is 10.3 Å². The fourth-order valence-corrected chi connectivity index (χ4v) is 2.07. The highest BCUT2D eigenvalue weighted by molar-refractivity contribution is 5.75. The number of nitrogens with one attached hydrogen (secondary N) is 1. The van der Waals surface area contributed by atoms with E-state index in [4.69, 9.17) is 8.83 Å². The molecule has 112 valence electrons. The molecule has 2 aromatic heterocycles. The van der Waals surface area contributed by atoms with Crippen molar-refractivity contribution >= 4 is 5.91 Å². The van der Waals surface area contributed by atoms with E-state index in [0.717, 1.165) is 11.3 Å². The highest BCUT2D eigenvalue weighted by Crippen LogP contribution is 2.20. The number of furan rings is 1. The van der Waals surface area contributed by atoms with Gasteiger partial charge in [-0.25, -0.2) is 4.98 Å². The van der Waals surface area contributed by atoms with Crippen LogP contribution in [0.15, 0.2) is 63.8 Å². The van der Waals surface area contributed by atoms with Gasteiger partial charge in [0.25, 0.3) is 0 Å². The average Bonchev–Trinajstić information content (AvgIpc) is 3.23. The standard InChI is InChI=1S/C17H16N2O3/c20-16(18-11-14-7-4-10-21-14)8-9-17-19-12-15(22-17)13-5-2-1-3-6-13/h1-7,10,12H,8-9,11H2,(H,18,20). The quantitative estimate of drug-likeness (QED) is 0.758. The zero-order valence-corrected chi connectivity index (χ0v) is 12.0. The van der Waals surface area contributed by atoms with E-state index in [-0.39, 0.29) is 5.91 Å². The van der Waals surface area contributed by atoms with Crippen LogP contribution in [0.2, 0.25) is 0 Å². The number of aryl methyl sites for hydroxylation is 1. The van der Waals surface area contributed by atoms with Crippen LogP contribution < -0.4 is 5.32 Å². The molecule has 22 heavy (non-hydrogen) atoms. The number of nitrogens with zero attached hydrogens (tertiary/aromatic N) is 1.